The molecule has 0 bridgehead atoms. The first-order chi connectivity index (χ1) is 10.0. The van der Waals surface area contributed by atoms with Crippen LogP contribution in [-0.2, 0) is 4.79 Å². The minimum Gasteiger partial charge on any atom is -0.493 e. The van der Waals surface area contributed by atoms with Crippen LogP contribution in [0.3, 0.4) is 0 Å². The summed E-state index contributed by atoms with van der Waals surface area (Å²) < 4.78 is 10.1. The van der Waals surface area contributed by atoms with Gasteiger partial charge in [0.25, 0.3) is 0 Å². The molecule has 1 aromatic rings. The quantitative estimate of drug-likeness (QED) is 0.736. The van der Waals surface area contributed by atoms with Crippen LogP contribution < -0.4 is 14.8 Å². The molecule has 7 nitrogen and oxygen atoms in total. The Balaban J connectivity index is 3.01. The van der Waals surface area contributed by atoms with Crippen LogP contribution in [0.4, 0.5) is 5.69 Å². The second-order valence-corrected chi connectivity index (χ2v) is 4.74. The van der Waals surface area contributed by atoms with Crippen molar-refractivity contribution in [1.82, 2.24) is 0 Å². The van der Waals surface area contributed by atoms with Crippen LogP contribution in [0.2, 0.25) is 0 Å². The zero-order valence-corrected chi connectivity index (χ0v) is 12.3. The lowest BCUT2D eigenvalue weighted by Gasteiger charge is -2.13. The molecule has 112 valence electrons. The van der Waals surface area contributed by atoms with Crippen LogP contribution in [0.25, 0.3) is 0 Å². The Morgan fingerprint density at radius 1 is 1.33 bits per heavy atom. The topological polar surface area (TPSA) is 109 Å². The van der Waals surface area contributed by atoms with Gasteiger partial charge in [-0.1, -0.05) is 0 Å². The largest absolute Gasteiger partial charge is 0.493 e. The molecular weight excluding hydrogens is 296 g/mol. The van der Waals surface area contributed by atoms with Crippen molar-refractivity contribution in [1.29, 1.82) is 5.26 Å². The molecule has 0 radical (unpaired) electrons. The number of aromatic carboxylic acids is 1. The second-order valence-electron chi connectivity index (χ2n) is 3.76. The number of nitriles is 1. The van der Waals surface area contributed by atoms with Crippen LogP contribution in [-0.4, -0.2) is 42.7 Å². The van der Waals surface area contributed by atoms with Crippen LogP contribution in [0.15, 0.2) is 12.1 Å². The van der Waals surface area contributed by atoms with Gasteiger partial charge < -0.3 is 19.9 Å². The number of nitrogens with one attached hydrogen (secondary N) is 1. The molecule has 0 aliphatic heterocycles. The Morgan fingerprint density at radius 3 is 2.48 bits per heavy atom. The number of anilines is 1. The van der Waals surface area contributed by atoms with Gasteiger partial charge in [-0.15, -0.1) is 11.8 Å². The number of thioether (sulfide) groups is 1. The number of rotatable bonds is 7. The summed E-state index contributed by atoms with van der Waals surface area (Å²) in [6, 6.07) is 4.56. The van der Waals surface area contributed by atoms with E-state index in [1.165, 1.54) is 26.4 Å². The fourth-order valence-corrected chi connectivity index (χ4v) is 1.99. The van der Waals surface area contributed by atoms with Gasteiger partial charge in [-0.05, 0) is 0 Å². The molecule has 1 rings (SSSR count). The molecule has 0 atom stereocenters. The lowest BCUT2D eigenvalue weighted by molar-refractivity contribution is -0.113. The smallest absolute Gasteiger partial charge is 0.337 e. The minimum atomic E-state index is -1.20. The van der Waals surface area contributed by atoms with E-state index in [-0.39, 0.29) is 28.5 Å². The van der Waals surface area contributed by atoms with Gasteiger partial charge in [-0.2, -0.15) is 5.26 Å². The number of hydrogen-bond acceptors (Lipinski definition) is 6. The Hall–Kier alpha value is -2.40. The molecule has 0 fully saturated rings. The minimum absolute atomic E-state index is 0.0565. The average Bonchev–Trinajstić information content (AvgIpc) is 2.46. The highest BCUT2D eigenvalue weighted by molar-refractivity contribution is 8.00. The molecule has 21 heavy (non-hydrogen) atoms. The van der Waals surface area contributed by atoms with E-state index in [9.17, 15) is 14.7 Å². The van der Waals surface area contributed by atoms with Gasteiger partial charge in [0, 0.05) is 12.1 Å². The van der Waals surface area contributed by atoms with E-state index in [1.54, 1.807) is 0 Å². The lowest BCUT2D eigenvalue weighted by atomic mass is 10.1. The van der Waals surface area contributed by atoms with Gasteiger partial charge in [0.15, 0.2) is 11.5 Å². The Labute approximate surface area is 125 Å². The normalized spacial score (nSPS) is 9.57. The van der Waals surface area contributed by atoms with Crippen molar-refractivity contribution in [2.24, 2.45) is 0 Å². The average molecular weight is 310 g/mol. The number of carbonyl (C=O) groups is 2. The first-order valence-electron chi connectivity index (χ1n) is 5.77. The van der Waals surface area contributed by atoms with Crippen molar-refractivity contribution < 1.29 is 24.2 Å². The fraction of sp³-hybridized carbons (Fsp3) is 0.308. The van der Waals surface area contributed by atoms with E-state index in [2.05, 4.69) is 5.32 Å². The Bertz CT molecular complexity index is 583. The maximum atomic E-state index is 11.7. The first kappa shape index (κ1) is 16.7. The summed E-state index contributed by atoms with van der Waals surface area (Å²) in [5.41, 5.74) is 0.00832. The zero-order chi connectivity index (χ0) is 15.8. The van der Waals surface area contributed by atoms with E-state index in [0.29, 0.717) is 5.75 Å². The van der Waals surface area contributed by atoms with Crippen molar-refractivity contribution in [2.75, 3.05) is 31.0 Å². The molecule has 0 spiro atoms. The number of carboxylic acids is 1. The second kappa shape index (κ2) is 8.01. The molecule has 0 aliphatic carbocycles. The van der Waals surface area contributed by atoms with Gasteiger partial charge in [0.2, 0.25) is 5.91 Å². The third kappa shape index (κ3) is 4.57. The summed E-state index contributed by atoms with van der Waals surface area (Å²) in [6.45, 7) is 0. The summed E-state index contributed by atoms with van der Waals surface area (Å²) in [6.07, 6.45) is 0. The maximum absolute atomic E-state index is 11.7. The highest BCUT2D eigenvalue weighted by atomic mass is 32.2. The lowest BCUT2D eigenvalue weighted by Crippen LogP contribution is -2.17. The molecule has 0 saturated carbocycles. The van der Waals surface area contributed by atoms with Gasteiger partial charge >= 0.3 is 5.97 Å². The van der Waals surface area contributed by atoms with Crippen molar-refractivity contribution >= 4 is 29.3 Å². The van der Waals surface area contributed by atoms with Crippen molar-refractivity contribution in [3.63, 3.8) is 0 Å². The van der Waals surface area contributed by atoms with Crippen molar-refractivity contribution in [2.45, 2.75) is 0 Å². The van der Waals surface area contributed by atoms with E-state index < -0.39 is 11.9 Å². The number of hydrogen-bond donors (Lipinski definition) is 2. The van der Waals surface area contributed by atoms with Crippen LogP contribution >= 0.6 is 11.8 Å². The van der Waals surface area contributed by atoms with E-state index in [4.69, 9.17) is 14.7 Å². The van der Waals surface area contributed by atoms with Crippen molar-refractivity contribution in [3.8, 4) is 17.6 Å². The van der Waals surface area contributed by atoms with E-state index in [1.807, 2.05) is 6.07 Å². The highest BCUT2D eigenvalue weighted by Crippen LogP contribution is 2.33. The maximum Gasteiger partial charge on any atom is 0.337 e. The molecule has 0 saturated heterocycles. The number of ether oxygens (including phenoxy) is 2. The Morgan fingerprint density at radius 2 is 1.95 bits per heavy atom. The number of benzene rings is 1. The Kier molecular flexibility index (Phi) is 6.36. The zero-order valence-electron chi connectivity index (χ0n) is 11.5. The molecule has 0 heterocycles. The third-order valence-electron chi connectivity index (χ3n) is 2.43. The van der Waals surface area contributed by atoms with E-state index in [0.717, 1.165) is 11.8 Å². The van der Waals surface area contributed by atoms with Crippen molar-refractivity contribution in [3.05, 3.63) is 17.7 Å². The number of carbonyl (C=O) groups excluding carboxylic acids is 1. The molecule has 1 aromatic carbocycles. The molecule has 0 unspecified atom stereocenters. The summed E-state index contributed by atoms with van der Waals surface area (Å²) >= 11 is 1.14. The number of nitrogens with zero attached hydrogens (tertiary/aromatic N) is 1. The van der Waals surface area contributed by atoms with Crippen LogP contribution in [0.1, 0.15) is 10.4 Å². The molecule has 0 aliphatic rings. The molecular formula is C13H14N2O5S. The number of carboxylic acid groups (broad SMARTS) is 1. The summed E-state index contributed by atoms with van der Waals surface area (Å²) in [5, 5.41) is 20.1. The van der Waals surface area contributed by atoms with Gasteiger partial charge in [0.05, 0.1) is 43.0 Å². The van der Waals surface area contributed by atoms with Crippen LogP contribution in [0, 0.1) is 11.3 Å². The summed E-state index contributed by atoms with van der Waals surface area (Å²) in [5.74, 6) is -0.790. The molecule has 2 N–H and O–H groups in total. The summed E-state index contributed by atoms with van der Waals surface area (Å²) in [7, 11) is 2.80. The van der Waals surface area contributed by atoms with Crippen LogP contribution in [0.5, 0.6) is 11.5 Å². The predicted molar refractivity (Wildman–Crippen MR) is 78.1 cm³/mol. The standard InChI is InChI=1S/C13H14N2O5S/c1-19-10-5-8(13(17)18)9(6-11(10)20-2)15-12(16)7-21-4-3-14/h5-6H,4,7H2,1-2H3,(H,15,16)(H,17,18). The molecule has 0 aromatic heterocycles. The number of methoxy groups -OCH3 is 2. The number of amides is 1. The van der Waals surface area contributed by atoms with E-state index >= 15 is 0 Å². The third-order valence-corrected chi connectivity index (χ3v) is 3.23. The summed E-state index contributed by atoms with van der Waals surface area (Å²) in [4.78, 5) is 22.9. The first-order valence-corrected chi connectivity index (χ1v) is 6.92. The monoisotopic (exact) mass is 310 g/mol. The predicted octanol–water partition coefficient (Wildman–Crippen LogP) is 1.60. The molecule has 8 heteroatoms. The fourth-order valence-electron chi connectivity index (χ4n) is 1.54. The highest BCUT2D eigenvalue weighted by Gasteiger charge is 2.17. The SMILES string of the molecule is COc1cc(NC(=O)CSCC#N)c(C(=O)O)cc1OC. The van der Waals surface area contributed by atoms with Gasteiger partial charge in [-0.3, -0.25) is 4.79 Å². The van der Waals surface area contributed by atoms with Gasteiger partial charge in [0.1, 0.15) is 0 Å². The molecule has 1 amide bonds. The van der Waals surface area contributed by atoms with Gasteiger partial charge in [-0.25, -0.2) is 4.79 Å².